The van der Waals surface area contributed by atoms with Gasteiger partial charge < -0.3 is 9.13 Å². The van der Waals surface area contributed by atoms with E-state index in [0.29, 0.717) is 39.2 Å². The molecular formula is C64H34F3N7. The van der Waals surface area contributed by atoms with E-state index in [0.717, 1.165) is 94.2 Å². The van der Waals surface area contributed by atoms with Crippen LogP contribution in [0.1, 0.15) is 27.8 Å². The first kappa shape index (κ1) is 44.7. The van der Waals surface area contributed by atoms with Crippen LogP contribution in [-0.2, 0) is 6.18 Å². The van der Waals surface area contributed by atoms with Crippen molar-refractivity contribution in [2.75, 3.05) is 0 Å². The summed E-state index contributed by atoms with van der Waals surface area (Å²) in [6, 6.07) is 68.1. The van der Waals surface area contributed by atoms with Crippen LogP contribution >= 0.6 is 0 Å². The largest absolute Gasteiger partial charge is 0.416 e. The fourth-order valence-corrected chi connectivity index (χ4v) is 10.3. The van der Waals surface area contributed by atoms with Gasteiger partial charge in [-0.25, -0.2) is 0 Å². The van der Waals surface area contributed by atoms with E-state index in [1.165, 1.54) is 12.1 Å². The van der Waals surface area contributed by atoms with Crippen LogP contribution in [0.5, 0.6) is 0 Å². The molecule has 10 heteroatoms. The van der Waals surface area contributed by atoms with Gasteiger partial charge in [0.1, 0.15) is 0 Å². The molecule has 0 unspecified atom stereocenters. The molecule has 3 heterocycles. The average molecular weight is 958 g/mol. The first-order valence-corrected chi connectivity index (χ1v) is 23.5. The van der Waals surface area contributed by atoms with Crippen LogP contribution < -0.4 is 0 Å². The average Bonchev–Trinajstić information content (AvgIpc) is 3.96. The summed E-state index contributed by atoms with van der Waals surface area (Å²) in [5, 5.41) is 42.5. The van der Waals surface area contributed by atoms with Gasteiger partial charge in [-0.2, -0.15) is 34.2 Å². The Balaban J connectivity index is 1.13. The van der Waals surface area contributed by atoms with E-state index in [9.17, 15) is 21.0 Å². The SMILES string of the molecule is N#Cc1cccc(-c2ccc3c(c2)c2cc(-c4cccc(C#N)c4)ccc2n3-c2ccncc2-c2cc(C(F)(F)F)ccc2-n2c3ccc(-c4cccc(C#N)c4)cc3c3cc(-c4cccc(C#N)c4)ccc32)c1. The van der Waals surface area contributed by atoms with Crippen LogP contribution in [0.4, 0.5) is 13.2 Å². The third-order valence-corrected chi connectivity index (χ3v) is 13.7. The van der Waals surface area contributed by atoms with E-state index in [1.807, 2.05) is 144 Å². The molecule has 0 saturated carbocycles. The van der Waals surface area contributed by atoms with Crippen LogP contribution in [0.2, 0.25) is 0 Å². The van der Waals surface area contributed by atoms with Crippen LogP contribution in [0.25, 0.3) is 111 Å². The Morgan fingerprint density at radius 3 is 1.03 bits per heavy atom. The zero-order valence-corrected chi connectivity index (χ0v) is 38.9. The van der Waals surface area contributed by atoms with Gasteiger partial charge in [0.25, 0.3) is 0 Å². The molecular weight excluding hydrogens is 924 g/mol. The zero-order valence-electron chi connectivity index (χ0n) is 38.9. The number of rotatable bonds is 7. The zero-order chi connectivity index (χ0) is 50.7. The molecule has 0 fully saturated rings. The van der Waals surface area contributed by atoms with Gasteiger partial charge in [-0.3, -0.25) is 4.98 Å². The highest BCUT2D eigenvalue weighted by Crippen LogP contribution is 2.45. The topological polar surface area (TPSA) is 118 Å². The van der Waals surface area contributed by atoms with Crippen LogP contribution in [0, 0.1) is 45.3 Å². The number of alkyl halides is 3. The van der Waals surface area contributed by atoms with E-state index >= 15 is 13.2 Å². The molecule has 7 nitrogen and oxygen atoms in total. The highest BCUT2D eigenvalue weighted by Gasteiger charge is 2.32. The monoisotopic (exact) mass is 957 g/mol. The van der Waals surface area contributed by atoms with Gasteiger partial charge in [-0.05, 0) is 166 Å². The molecule has 12 rings (SSSR count). The van der Waals surface area contributed by atoms with Gasteiger partial charge >= 0.3 is 6.18 Å². The van der Waals surface area contributed by atoms with Crippen LogP contribution in [-0.4, -0.2) is 14.1 Å². The molecule has 74 heavy (non-hydrogen) atoms. The van der Waals surface area contributed by atoms with Crippen molar-refractivity contribution in [1.82, 2.24) is 14.1 Å². The molecule has 0 aliphatic rings. The summed E-state index contributed by atoms with van der Waals surface area (Å²) >= 11 is 0. The summed E-state index contributed by atoms with van der Waals surface area (Å²) in [7, 11) is 0. The molecule has 0 amide bonds. The normalized spacial score (nSPS) is 11.4. The molecule has 0 aliphatic heterocycles. The fraction of sp³-hybridized carbons (Fsp3) is 0.0156. The van der Waals surface area contributed by atoms with Gasteiger partial charge in [0.05, 0.1) is 85.5 Å². The number of hydrogen-bond acceptors (Lipinski definition) is 5. The van der Waals surface area contributed by atoms with Crippen molar-refractivity contribution in [3.63, 3.8) is 0 Å². The molecule has 0 N–H and O–H groups in total. The Hall–Kier alpha value is -10.5. The van der Waals surface area contributed by atoms with Crippen LogP contribution in [0.3, 0.4) is 0 Å². The number of halogens is 3. The smallest absolute Gasteiger partial charge is 0.309 e. The van der Waals surface area contributed by atoms with Crippen molar-refractivity contribution >= 4 is 43.6 Å². The highest BCUT2D eigenvalue weighted by atomic mass is 19.4. The molecule has 0 spiro atoms. The Bertz CT molecular complexity index is 4260. The highest BCUT2D eigenvalue weighted by molar-refractivity contribution is 6.14. The second kappa shape index (κ2) is 17.7. The summed E-state index contributed by atoms with van der Waals surface area (Å²) in [5.41, 5.74) is 12.8. The Labute approximate surface area is 422 Å². The quantitative estimate of drug-likeness (QED) is 0.158. The maximum Gasteiger partial charge on any atom is 0.416 e. The Morgan fingerprint density at radius 1 is 0.351 bits per heavy atom. The molecule has 0 radical (unpaired) electrons. The molecule has 12 aromatic rings. The van der Waals surface area contributed by atoms with Crippen molar-refractivity contribution in [2.24, 2.45) is 0 Å². The van der Waals surface area contributed by atoms with E-state index < -0.39 is 11.7 Å². The van der Waals surface area contributed by atoms with E-state index in [-0.39, 0.29) is 5.56 Å². The van der Waals surface area contributed by atoms with Gasteiger partial charge in [0.2, 0.25) is 0 Å². The predicted octanol–water partition coefficient (Wildman–Crippen LogP) is 16.1. The van der Waals surface area contributed by atoms with Gasteiger partial charge in [-0.15, -0.1) is 0 Å². The number of aromatic nitrogens is 3. The lowest BCUT2D eigenvalue weighted by Gasteiger charge is -2.20. The van der Waals surface area contributed by atoms with Crippen molar-refractivity contribution in [1.29, 1.82) is 21.0 Å². The van der Waals surface area contributed by atoms with Crippen molar-refractivity contribution in [3.8, 4) is 91.3 Å². The summed E-state index contributed by atoms with van der Waals surface area (Å²) in [5.74, 6) is 0. The summed E-state index contributed by atoms with van der Waals surface area (Å²) in [6.45, 7) is 0. The van der Waals surface area contributed by atoms with Gasteiger partial charge in [-0.1, -0.05) is 72.8 Å². The summed E-state index contributed by atoms with van der Waals surface area (Å²) in [6.07, 6.45) is -1.44. The molecule has 346 valence electrons. The number of pyridine rings is 1. The Morgan fingerprint density at radius 2 is 0.689 bits per heavy atom. The van der Waals surface area contributed by atoms with E-state index in [4.69, 9.17) is 0 Å². The number of nitrogens with zero attached hydrogens (tertiary/aromatic N) is 7. The number of benzene rings is 9. The van der Waals surface area contributed by atoms with E-state index in [1.54, 1.807) is 36.7 Å². The van der Waals surface area contributed by atoms with E-state index in [2.05, 4.69) is 46.0 Å². The molecule has 0 atom stereocenters. The minimum Gasteiger partial charge on any atom is -0.309 e. The van der Waals surface area contributed by atoms with Crippen molar-refractivity contribution in [2.45, 2.75) is 6.18 Å². The van der Waals surface area contributed by atoms with Crippen molar-refractivity contribution < 1.29 is 13.2 Å². The Kier molecular flexibility index (Phi) is 10.7. The van der Waals surface area contributed by atoms with Crippen molar-refractivity contribution in [3.05, 3.63) is 234 Å². The lowest BCUT2D eigenvalue weighted by Crippen LogP contribution is -2.08. The summed E-state index contributed by atoms with van der Waals surface area (Å²) in [4.78, 5) is 4.59. The third kappa shape index (κ3) is 7.65. The number of hydrogen-bond donors (Lipinski definition) is 0. The molecule has 0 aliphatic carbocycles. The summed E-state index contributed by atoms with van der Waals surface area (Å²) < 4.78 is 49.4. The molecule has 0 bridgehead atoms. The maximum atomic E-state index is 15.1. The first-order chi connectivity index (χ1) is 36.1. The van der Waals surface area contributed by atoms with Gasteiger partial charge in [0, 0.05) is 45.1 Å². The predicted molar refractivity (Wildman–Crippen MR) is 284 cm³/mol. The third-order valence-electron chi connectivity index (χ3n) is 13.7. The second-order valence-corrected chi connectivity index (χ2v) is 18.0. The lowest BCUT2D eigenvalue weighted by molar-refractivity contribution is -0.137. The number of nitriles is 4. The minimum atomic E-state index is -4.69. The molecule has 9 aromatic carbocycles. The van der Waals surface area contributed by atoms with Gasteiger partial charge in [0.15, 0.2) is 0 Å². The number of fused-ring (bicyclic) bond motifs is 6. The minimum absolute atomic E-state index is 0.281. The van der Waals surface area contributed by atoms with Crippen LogP contribution in [0.15, 0.2) is 207 Å². The standard InChI is InChI=1S/C64H34F3N7/c65-64(66,67)51-17-22-62(73-58-18-13-47(43-9-1-5-39(25-43)34-68)29-52(58)53-30-48(14-19-59(53)73)44-10-2-6-40(26-44)35-69)56(33-51)57-38-72-24-23-63(57)74-60-20-15-49(45-11-3-7-41(27-45)36-70)31-54(60)55-32-50(16-21-61(55)74)46-12-4-8-42(28-46)37-71/h1-33,38H. The first-order valence-electron chi connectivity index (χ1n) is 23.5. The molecule has 0 saturated heterocycles. The molecule has 3 aromatic heterocycles. The maximum absolute atomic E-state index is 15.1. The second-order valence-electron chi connectivity index (χ2n) is 18.0. The lowest BCUT2D eigenvalue weighted by atomic mass is 9.99. The fourth-order valence-electron chi connectivity index (χ4n) is 10.3.